The fourth-order valence-electron chi connectivity index (χ4n) is 3.36. The van der Waals surface area contributed by atoms with E-state index >= 15 is 0 Å². The molecule has 2 fully saturated rings. The van der Waals surface area contributed by atoms with Crippen LogP contribution >= 0.6 is 0 Å². The third-order valence-electron chi connectivity index (χ3n) is 4.37. The van der Waals surface area contributed by atoms with Crippen molar-refractivity contribution in [1.29, 1.82) is 0 Å². The first-order valence-electron chi connectivity index (χ1n) is 7.23. The highest BCUT2D eigenvalue weighted by atomic mass is 32.2. The Kier molecular flexibility index (Phi) is 4.20. The average molecular weight is 350 g/mol. The van der Waals surface area contributed by atoms with E-state index in [-0.39, 0.29) is 10.5 Å². The van der Waals surface area contributed by atoms with E-state index < -0.39 is 46.0 Å². The summed E-state index contributed by atoms with van der Waals surface area (Å²) >= 11 is 0. The Bertz CT molecular complexity index is 643. The number of carbonyl (C=O) groups is 1. The summed E-state index contributed by atoms with van der Waals surface area (Å²) in [5.41, 5.74) is -0.399. The monoisotopic (exact) mass is 350 g/mol. The number of Topliss-reactive ketones (excluding diaryl/α,β-unsaturated/α-hetero) is 1. The van der Waals surface area contributed by atoms with Crippen molar-refractivity contribution < 1.29 is 31.3 Å². The minimum Gasteiger partial charge on any atom is -0.406 e. The van der Waals surface area contributed by atoms with Crippen LogP contribution in [0.3, 0.4) is 0 Å². The van der Waals surface area contributed by atoms with E-state index in [1.807, 2.05) is 0 Å². The van der Waals surface area contributed by atoms with Crippen LogP contribution < -0.4 is 4.74 Å². The van der Waals surface area contributed by atoms with Crippen molar-refractivity contribution in [1.82, 2.24) is 0 Å². The molecule has 2 atom stereocenters. The molecule has 3 nitrogen and oxygen atoms in total. The highest BCUT2D eigenvalue weighted by molar-refractivity contribution is 7.86. The van der Waals surface area contributed by atoms with Crippen molar-refractivity contribution in [3.8, 4) is 5.75 Å². The molecule has 0 saturated carbocycles. The number of fused-ring (bicyclic) bond motifs is 2. The average Bonchev–Trinajstić information content (AvgIpc) is 2.69. The summed E-state index contributed by atoms with van der Waals surface area (Å²) in [6.45, 7) is 0. The van der Waals surface area contributed by atoms with Gasteiger partial charge in [-0.2, -0.15) is 0 Å². The zero-order valence-electron chi connectivity index (χ0n) is 11.9. The Labute approximate surface area is 132 Å². The number of alkyl halides is 3. The number of benzene rings is 1. The molecule has 126 valence electrons. The van der Waals surface area contributed by atoms with E-state index in [2.05, 4.69) is 4.74 Å². The number of ether oxygens (including phenoxy) is 1. The lowest BCUT2D eigenvalue weighted by Crippen LogP contribution is -2.32. The molecule has 0 amide bonds. The second-order valence-corrected chi connectivity index (χ2v) is 7.86. The molecule has 0 N–H and O–H groups in total. The second-order valence-electron chi connectivity index (χ2n) is 5.87. The highest BCUT2D eigenvalue weighted by Gasteiger charge is 2.43. The lowest BCUT2D eigenvalue weighted by Gasteiger charge is -2.26. The molecular weight excluding hydrogens is 336 g/mol. The van der Waals surface area contributed by atoms with Gasteiger partial charge in [0.15, 0.2) is 5.78 Å². The van der Waals surface area contributed by atoms with E-state index in [9.17, 15) is 26.6 Å². The molecular formula is C15H14F4O3S. The van der Waals surface area contributed by atoms with Gasteiger partial charge in [0.1, 0.15) is 11.6 Å². The zero-order chi connectivity index (χ0) is 16.8. The Balaban J connectivity index is 1.82. The van der Waals surface area contributed by atoms with Crippen LogP contribution in [-0.2, 0) is 10.8 Å². The van der Waals surface area contributed by atoms with Crippen LogP contribution in [0.1, 0.15) is 36.0 Å². The molecule has 0 spiro atoms. The molecule has 2 heterocycles. The Morgan fingerprint density at radius 1 is 1.17 bits per heavy atom. The summed E-state index contributed by atoms with van der Waals surface area (Å²) in [4.78, 5) is 12.5. The van der Waals surface area contributed by atoms with Crippen LogP contribution in [0.4, 0.5) is 17.6 Å². The Hall–Kier alpha value is -1.44. The number of halogens is 4. The van der Waals surface area contributed by atoms with Crippen molar-refractivity contribution in [2.75, 3.05) is 0 Å². The maximum Gasteiger partial charge on any atom is 0.573 e. The van der Waals surface area contributed by atoms with E-state index in [0.29, 0.717) is 12.8 Å². The van der Waals surface area contributed by atoms with Gasteiger partial charge in [0.2, 0.25) is 0 Å². The molecule has 8 heteroatoms. The van der Waals surface area contributed by atoms with E-state index in [1.165, 1.54) is 0 Å². The predicted molar refractivity (Wildman–Crippen MR) is 75.1 cm³/mol. The summed E-state index contributed by atoms with van der Waals surface area (Å²) in [6.07, 6.45) is -2.56. The second kappa shape index (κ2) is 5.89. The fraction of sp³-hybridized carbons (Fsp3) is 0.533. The quantitative estimate of drug-likeness (QED) is 0.618. The Morgan fingerprint density at radius 2 is 1.78 bits per heavy atom. The molecule has 2 bridgehead atoms. The molecule has 0 radical (unpaired) electrons. The third kappa shape index (κ3) is 3.41. The number of hydrogen-bond donors (Lipinski definition) is 0. The number of rotatable bonds is 3. The number of carbonyl (C=O) groups excluding carboxylic acids is 1. The minimum absolute atomic E-state index is 0.0691. The lowest BCUT2D eigenvalue weighted by molar-refractivity contribution is -0.274. The molecule has 2 aliphatic rings. The molecule has 0 aliphatic carbocycles. The maximum absolute atomic E-state index is 13.9. The van der Waals surface area contributed by atoms with Gasteiger partial charge in [0, 0.05) is 27.2 Å². The summed E-state index contributed by atoms with van der Waals surface area (Å²) in [6, 6.07) is 2.42. The first kappa shape index (κ1) is 16.4. The van der Waals surface area contributed by atoms with Crippen LogP contribution in [-0.4, -0.2) is 26.9 Å². The van der Waals surface area contributed by atoms with Gasteiger partial charge in [-0.05, 0) is 43.9 Å². The molecule has 1 aromatic carbocycles. The first-order valence-corrected chi connectivity index (χ1v) is 8.51. The van der Waals surface area contributed by atoms with Gasteiger partial charge in [0.25, 0.3) is 0 Å². The SMILES string of the molecule is O=C(c1cc(OC(F)(F)F)ccc1F)C1CC2CCC(C1)S2=O. The van der Waals surface area contributed by atoms with Crippen molar-refractivity contribution in [3.05, 3.63) is 29.6 Å². The van der Waals surface area contributed by atoms with Gasteiger partial charge in [0.05, 0.1) is 5.56 Å². The molecule has 2 aliphatic heterocycles. The maximum atomic E-state index is 13.9. The van der Waals surface area contributed by atoms with Gasteiger partial charge in [-0.3, -0.25) is 9.00 Å². The molecule has 23 heavy (non-hydrogen) atoms. The summed E-state index contributed by atoms with van der Waals surface area (Å²) in [7, 11) is -0.955. The predicted octanol–water partition coefficient (Wildman–Crippen LogP) is 3.60. The molecule has 2 unspecified atom stereocenters. The topological polar surface area (TPSA) is 43.4 Å². The van der Waals surface area contributed by atoms with E-state index in [0.717, 1.165) is 31.0 Å². The first-order chi connectivity index (χ1) is 10.7. The van der Waals surface area contributed by atoms with E-state index in [4.69, 9.17) is 0 Å². The van der Waals surface area contributed by atoms with Gasteiger partial charge < -0.3 is 4.74 Å². The van der Waals surface area contributed by atoms with E-state index in [1.54, 1.807) is 0 Å². The minimum atomic E-state index is -4.90. The third-order valence-corrected chi connectivity index (χ3v) is 6.54. The Morgan fingerprint density at radius 3 is 2.35 bits per heavy atom. The van der Waals surface area contributed by atoms with Crippen molar-refractivity contribution in [3.63, 3.8) is 0 Å². The van der Waals surface area contributed by atoms with Crippen molar-refractivity contribution >= 4 is 16.6 Å². The van der Waals surface area contributed by atoms with Crippen LogP contribution in [0, 0.1) is 11.7 Å². The van der Waals surface area contributed by atoms with Gasteiger partial charge >= 0.3 is 6.36 Å². The van der Waals surface area contributed by atoms with Crippen LogP contribution in [0.15, 0.2) is 18.2 Å². The molecule has 0 aromatic heterocycles. The summed E-state index contributed by atoms with van der Waals surface area (Å²) < 4.78 is 66.3. The van der Waals surface area contributed by atoms with Gasteiger partial charge in [-0.1, -0.05) is 0 Å². The number of hydrogen-bond acceptors (Lipinski definition) is 3. The van der Waals surface area contributed by atoms with Crippen LogP contribution in [0.25, 0.3) is 0 Å². The normalized spacial score (nSPS) is 30.3. The van der Waals surface area contributed by atoms with Crippen molar-refractivity contribution in [2.24, 2.45) is 5.92 Å². The zero-order valence-corrected chi connectivity index (χ0v) is 12.8. The lowest BCUT2D eigenvalue weighted by atomic mass is 9.90. The summed E-state index contributed by atoms with van der Waals surface area (Å²) in [5, 5.41) is -0.138. The van der Waals surface area contributed by atoms with Crippen LogP contribution in [0.5, 0.6) is 5.75 Å². The van der Waals surface area contributed by atoms with Crippen molar-refractivity contribution in [2.45, 2.75) is 42.5 Å². The summed E-state index contributed by atoms with van der Waals surface area (Å²) in [5.74, 6) is -2.53. The molecule has 3 rings (SSSR count). The smallest absolute Gasteiger partial charge is 0.406 e. The molecule has 2 saturated heterocycles. The van der Waals surface area contributed by atoms with Gasteiger partial charge in [-0.15, -0.1) is 13.2 Å². The standard InChI is InChI=1S/C15H14F4O3S/c16-13-4-1-9(22-15(17,18)19)7-12(13)14(20)8-5-10-2-3-11(6-8)23(10)21/h1,4,7-8,10-11H,2-3,5-6H2. The largest absolute Gasteiger partial charge is 0.573 e. The van der Waals surface area contributed by atoms with Gasteiger partial charge in [-0.25, -0.2) is 4.39 Å². The highest BCUT2D eigenvalue weighted by Crippen LogP contribution is 2.40. The molecule has 1 aromatic rings. The fourth-order valence-corrected chi connectivity index (χ4v) is 5.48. The van der Waals surface area contributed by atoms with Crippen LogP contribution in [0.2, 0.25) is 0 Å². The number of ketones is 1.